The number of hydrogen-bond donors (Lipinski definition) is 6. The van der Waals surface area contributed by atoms with Crippen LogP contribution in [0.3, 0.4) is 0 Å². The van der Waals surface area contributed by atoms with Crippen molar-refractivity contribution in [2.75, 3.05) is 42.9 Å². The first-order valence-corrected chi connectivity index (χ1v) is 18.8. The topological polar surface area (TPSA) is 193 Å². The van der Waals surface area contributed by atoms with E-state index in [1.165, 1.54) is 6.20 Å². The van der Waals surface area contributed by atoms with Crippen LogP contribution in [0.4, 0.5) is 15.8 Å². The summed E-state index contributed by atoms with van der Waals surface area (Å²) in [7, 11) is 0. The predicted molar refractivity (Wildman–Crippen MR) is 211 cm³/mol. The van der Waals surface area contributed by atoms with E-state index in [4.69, 9.17) is 15.5 Å². The number of carboxylic acids is 1. The molecule has 1 aromatic heterocycles. The van der Waals surface area contributed by atoms with Gasteiger partial charge in [0.1, 0.15) is 23.5 Å². The van der Waals surface area contributed by atoms with Gasteiger partial charge in [-0.3, -0.25) is 35.3 Å². The highest BCUT2D eigenvalue weighted by Crippen LogP contribution is 2.27. The lowest BCUT2D eigenvalue weighted by atomic mass is 10.0. The van der Waals surface area contributed by atoms with Crippen LogP contribution in [0.15, 0.2) is 77.7 Å². The molecular formula is C40H51FN8O7. The largest absolute Gasteiger partial charge is 0.477 e. The van der Waals surface area contributed by atoms with Gasteiger partial charge in [0.05, 0.1) is 24.4 Å². The van der Waals surface area contributed by atoms with Gasteiger partial charge in [-0.05, 0) is 61.1 Å². The lowest BCUT2D eigenvalue weighted by Crippen LogP contribution is -2.53. The summed E-state index contributed by atoms with van der Waals surface area (Å²) in [5.74, 6) is 2.66. The van der Waals surface area contributed by atoms with Gasteiger partial charge >= 0.3 is 5.97 Å². The highest BCUT2D eigenvalue weighted by atomic mass is 19.1. The molecule has 0 unspecified atom stereocenters. The van der Waals surface area contributed by atoms with Crippen LogP contribution in [0, 0.1) is 11.7 Å². The first-order chi connectivity index (χ1) is 27.0. The third-order valence-electron chi connectivity index (χ3n) is 9.62. The standard InChI is InChI=1S/C40H51FN8O7/c1-4-47-23-31(40(53)54)37(50)30-21-32(41)35(22-34(30)47)48-17-19-49(20-18-48)56-25-28-12-14-29(15-13-28)44-38(51)33(11-8-16-43-42)45-39(52)36(26(2)3)46-55-24-27-9-6-5-7-10-27/h5-7,9-10,12-15,21-23,26,33,36,43,46H,4,8,11,16-20,24-25,42H2,1-3H3,(H,44,51)(H,45,52)(H,53,54)/t33-,36-/m0/s1. The molecule has 2 atom stereocenters. The number of fused-ring (bicyclic) bond motifs is 1. The van der Waals surface area contributed by atoms with Crippen LogP contribution < -0.4 is 37.7 Å². The molecule has 56 heavy (non-hydrogen) atoms. The van der Waals surface area contributed by atoms with Crippen LogP contribution in [0.1, 0.15) is 55.1 Å². The lowest BCUT2D eigenvalue weighted by Gasteiger charge is -2.35. The zero-order valence-electron chi connectivity index (χ0n) is 31.9. The smallest absolute Gasteiger partial charge is 0.341 e. The minimum Gasteiger partial charge on any atom is -0.477 e. The summed E-state index contributed by atoms with van der Waals surface area (Å²) in [6.07, 6.45) is 2.21. The number of halogens is 1. The second-order valence-electron chi connectivity index (χ2n) is 13.9. The number of aryl methyl sites for hydroxylation is 1. The van der Waals surface area contributed by atoms with E-state index in [9.17, 15) is 24.3 Å². The Morgan fingerprint density at radius 3 is 2.29 bits per heavy atom. The Hall–Kier alpha value is -5.23. The highest BCUT2D eigenvalue weighted by molar-refractivity contribution is 5.98. The number of hydroxylamine groups is 3. The van der Waals surface area contributed by atoms with E-state index in [-0.39, 0.29) is 36.3 Å². The van der Waals surface area contributed by atoms with Crippen molar-refractivity contribution in [1.82, 2.24) is 25.9 Å². The van der Waals surface area contributed by atoms with Crippen LogP contribution >= 0.6 is 0 Å². The van der Waals surface area contributed by atoms with Crippen molar-refractivity contribution < 1.29 is 33.6 Å². The summed E-state index contributed by atoms with van der Waals surface area (Å²) in [5.41, 5.74) is 7.52. The number of nitrogens with one attached hydrogen (secondary N) is 4. The van der Waals surface area contributed by atoms with Crippen LogP contribution in [-0.4, -0.2) is 77.3 Å². The number of carboxylic acid groups (broad SMARTS) is 1. The molecule has 3 aromatic carbocycles. The highest BCUT2D eigenvalue weighted by Gasteiger charge is 2.28. The number of carbonyl (C=O) groups excluding carboxylic acids is 2. The van der Waals surface area contributed by atoms with E-state index in [0.717, 1.165) is 17.2 Å². The van der Waals surface area contributed by atoms with Crippen molar-refractivity contribution in [1.29, 1.82) is 0 Å². The van der Waals surface area contributed by atoms with Crippen molar-refractivity contribution >= 4 is 40.1 Å². The third kappa shape index (κ3) is 11.0. The Kier molecular flexibility index (Phi) is 15.0. The Morgan fingerprint density at radius 1 is 0.946 bits per heavy atom. The minimum absolute atomic E-state index is 0.0285. The average Bonchev–Trinajstić information content (AvgIpc) is 3.19. The predicted octanol–water partition coefficient (Wildman–Crippen LogP) is 3.53. The van der Waals surface area contributed by atoms with Gasteiger partial charge in [-0.25, -0.2) is 9.18 Å². The van der Waals surface area contributed by atoms with Gasteiger partial charge in [0.2, 0.25) is 17.2 Å². The zero-order valence-corrected chi connectivity index (χ0v) is 31.9. The van der Waals surface area contributed by atoms with Gasteiger partial charge in [-0.1, -0.05) is 56.3 Å². The summed E-state index contributed by atoms with van der Waals surface area (Å²) in [4.78, 5) is 64.6. The number of carbonyl (C=O) groups is 3. The fraction of sp³-hybridized carbons (Fsp3) is 0.400. The number of amides is 2. The van der Waals surface area contributed by atoms with Gasteiger partial charge in [0.15, 0.2) is 0 Å². The Morgan fingerprint density at radius 2 is 1.64 bits per heavy atom. The molecule has 2 heterocycles. The van der Waals surface area contributed by atoms with Gasteiger partial charge < -0.3 is 25.2 Å². The Labute approximate surface area is 324 Å². The summed E-state index contributed by atoms with van der Waals surface area (Å²) < 4.78 is 17.0. The van der Waals surface area contributed by atoms with Crippen molar-refractivity contribution in [2.24, 2.45) is 11.8 Å². The number of pyridine rings is 1. The van der Waals surface area contributed by atoms with E-state index in [1.807, 2.05) is 73.2 Å². The third-order valence-corrected chi connectivity index (χ3v) is 9.62. The number of nitrogens with zero attached hydrogens (tertiary/aromatic N) is 3. The quantitative estimate of drug-likeness (QED) is 0.0462. The average molecular weight is 775 g/mol. The molecule has 300 valence electrons. The fourth-order valence-corrected chi connectivity index (χ4v) is 6.41. The molecule has 1 aliphatic heterocycles. The molecule has 1 saturated heterocycles. The van der Waals surface area contributed by atoms with E-state index < -0.39 is 34.9 Å². The molecule has 0 saturated carbocycles. The summed E-state index contributed by atoms with van der Waals surface area (Å²) in [6, 6.07) is 18.0. The van der Waals surface area contributed by atoms with Gasteiger partial charge in [-0.2, -0.15) is 10.5 Å². The van der Waals surface area contributed by atoms with Crippen LogP contribution in [0.5, 0.6) is 0 Å². The van der Waals surface area contributed by atoms with Gasteiger partial charge in [0.25, 0.3) is 0 Å². The van der Waals surface area contributed by atoms with E-state index in [1.54, 1.807) is 22.8 Å². The first-order valence-electron chi connectivity index (χ1n) is 18.8. The molecular weight excluding hydrogens is 723 g/mol. The fourth-order valence-electron chi connectivity index (χ4n) is 6.41. The van der Waals surface area contributed by atoms with Crippen LogP contribution in [0.25, 0.3) is 10.9 Å². The number of rotatable bonds is 19. The molecule has 7 N–H and O–H groups in total. The van der Waals surface area contributed by atoms with Crippen molar-refractivity contribution in [3.63, 3.8) is 0 Å². The number of benzene rings is 3. The molecule has 0 spiro atoms. The zero-order chi connectivity index (χ0) is 40.2. The molecule has 0 radical (unpaired) electrons. The number of hydrazine groups is 1. The Bertz CT molecular complexity index is 2000. The molecule has 16 heteroatoms. The number of aromatic carboxylic acids is 1. The number of aromatic nitrogens is 1. The van der Waals surface area contributed by atoms with Crippen molar-refractivity contribution in [3.05, 3.63) is 106 Å². The number of hydrogen-bond acceptors (Lipinski definition) is 11. The molecule has 1 aliphatic rings. The first kappa shape index (κ1) is 41.9. The van der Waals surface area contributed by atoms with Gasteiger partial charge in [-0.15, -0.1) is 0 Å². The van der Waals surface area contributed by atoms with E-state index in [2.05, 4.69) is 21.5 Å². The maximum Gasteiger partial charge on any atom is 0.341 e. The van der Waals surface area contributed by atoms with Gasteiger partial charge in [0, 0.05) is 56.5 Å². The van der Waals surface area contributed by atoms with E-state index >= 15 is 4.39 Å². The molecule has 15 nitrogen and oxygen atoms in total. The SMILES string of the molecule is CCn1cc(C(=O)O)c(=O)c2cc(F)c(N3CCN(OCc4ccc(NC(=O)[C@H](CCCNN)NC(=O)[C@@H](NOCc5ccccc5)C(C)C)cc4)CC3)cc21. The minimum atomic E-state index is -1.35. The maximum atomic E-state index is 15.3. The number of anilines is 2. The lowest BCUT2D eigenvalue weighted by molar-refractivity contribution is -0.171. The second kappa shape index (κ2) is 20.1. The number of piperazine rings is 1. The summed E-state index contributed by atoms with van der Waals surface area (Å²) >= 11 is 0. The molecule has 0 aliphatic carbocycles. The monoisotopic (exact) mass is 774 g/mol. The van der Waals surface area contributed by atoms with E-state index in [0.29, 0.717) is 69.0 Å². The Balaban J connectivity index is 1.13. The van der Waals surface area contributed by atoms with Crippen LogP contribution in [0.2, 0.25) is 0 Å². The molecule has 1 fully saturated rings. The van der Waals surface area contributed by atoms with Crippen molar-refractivity contribution in [3.8, 4) is 0 Å². The molecule has 0 bridgehead atoms. The molecule has 2 amide bonds. The van der Waals surface area contributed by atoms with Crippen LogP contribution in [-0.2, 0) is 39.0 Å². The maximum absolute atomic E-state index is 15.3. The summed E-state index contributed by atoms with van der Waals surface area (Å²) in [5, 5.41) is 17.1. The summed E-state index contributed by atoms with van der Waals surface area (Å²) in [6.45, 7) is 8.94. The van der Waals surface area contributed by atoms with Crippen molar-refractivity contribution in [2.45, 2.75) is 65.5 Å². The number of nitrogens with two attached hydrogens (primary N) is 1. The molecule has 5 rings (SSSR count). The normalized spacial score (nSPS) is 14.5. The second-order valence-corrected chi connectivity index (χ2v) is 13.9. The molecule has 4 aromatic rings.